The number of hydrogen-bond donors (Lipinski definition) is 0. The highest BCUT2D eigenvalue weighted by Crippen LogP contribution is 2.14. The fourth-order valence-electron chi connectivity index (χ4n) is 2.23. The second kappa shape index (κ2) is 7.42. The summed E-state index contributed by atoms with van der Waals surface area (Å²) in [5.74, 6) is 0.610. The highest BCUT2D eigenvalue weighted by atomic mass is 14.9. The quantitative estimate of drug-likeness (QED) is 0.652. The van der Waals surface area contributed by atoms with Crippen LogP contribution in [0.5, 0.6) is 0 Å². The number of benzene rings is 2. The molecule has 0 atom stereocenters. The highest BCUT2D eigenvalue weighted by molar-refractivity contribution is 6.01. The minimum Gasteiger partial charge on any atom is -0.252 e. The molecular formula is C20H18N4. The molecule has 0 fully saturated rings. The third kappa shape index (κ3) is 3.98. The molecule has 0 bridgehead atoms. The Hall–Kier alpha value is -3.14. The molecule has 4 nitrogen and oxygen atoms in total. The Morgan fingerprint density at radius 1 is 0.708 bits per heavy atom. The molecule has 0 aliphatic rings. The van der Waals surface area contributed by atoms with Crippen LogP contribution in [0.1, 0.15) is 25.4 Å². The van der Waals surface area contributed by atoms with E-state index in [-0.39, 0.29) is 0 Å². The van der Waals surface area contributed by atoms with Gasteiger partial charge in [-0.05, 0) is 44.2 Å². The Balaban J connectivity index is 1.89. The van der Waals surface area contributed by atoms with Gasteiger partial charge in [0.25, 0.3) is 0 Å². The van der Waals surface area contributed by atoms with E-state index in [0.717, 1.165) is 28.5 Å². The van der Waals surface area contributed by atoms with E-state index in [1.165, 1.54) is 0 Å². The molecule has 1 aromatic heterocycles. The van der Waals surface area contributed by atoms with Crippen LogP contribution in [-0.2, 0) is 0 Å². The molecule has 0 N–H and O–H groups in total. The van der Waals surface area contributed by atoms with Gasteiger partial charge in [0.2, 0.25) is 0 Å². The van der Waals surface area contributed by atoms with E-state index in [4.69, 9.17) is 0 Å². The maximum Gasteiger partial charge on any atom is 0.174 e. The molecule has 0 aliphatic carbocycles. The normalized spacial score (nSPS) is 12.2. The zero-order valence-corrected chi connectivity index (χ0v) is 13.7. The van der Waals surface area contributed by atoms with E-state index in [1.54, 1.807) is 6.20 Å². The van der Waals surface area contributed by atoms with Crippen LogP contribution < -0.4 is 0 Å². The summed E-state index contributed by atoms with van der Waals surface area (Å²) in [4.78, 5) is 18.1. The van der Waals surface area contributed by atoms with E-state index in [0.29, 0.717) is 5.82 Å². The van der Waals surface area contributed by atoms with Crippen molar-refractivity contribution in [3.63, 3.8) is 0 Å². The van der Waals surface area contributed by atoms with Gasteiger partial charge in [0, 0.05) is 6.20 Å². The maximum atomic E-state index is 4.60. The molecule has 4 heteroatoms. The van der Waals surface area contributed by atoms with Crippen molar-refractivity contribution in [2.45, 2.75) is 13.8 Å². The summed E-state index contributed by atoms with van der Waals surface area (Å²) >= 11 is 0. The van der Waals surface area contributed by atoms with Gasteiger partial charge in [-0.25, -0.2) is 15.0 Å². The van der Waals surface area contributed by atoms with Gasteiger partial charge in [0.15, 0.2) is 5.82 Å². The van der Waals surface area contributed by atoms with Crippen molar-refractivity contribution in [1.29, 1.82) is 0 Å². The van der Waals surface area contributed by atoms with E-state index in [9.17, 15) is 0 Å². The second-order valence-electron chi connectivity index (χ2n) is 5.33. The number of aromatic nitrogens is 2. The van der Waals surface area contributed by atoms with Crippen molar-refractivity contribution in [2.24, 2.45) is 9.98 Å². The summed E-state index contributed by atoms with van der Waals surface area (Å²) in [5.41, 5.74) is 4.21. The molecule has 118 valence electrons. The minimum absolute atomic E-state index is 0.610. The molecule has 3 aromatic rings. The number of nitrogens with zero attached hydrogens (tertiary/aromatic N) is 4. The molecule has 0 amide bonds. The summed E-state index contributed by atoms with van der Waals surface area (Å²) in [5, 5.41) is 0. The predicted molar refractivity (Wildman–Crippen MR) is 98.7 cm³/mol. The van der Waals surface area contributed by atoms with Crippen LogP contribution in [0, 0.1) is 0 Å². The predicted octanol–water partition coefficient (Wildman–Crippen LogP) is 4.76. The van der Waals surface area contributed by atoms with Gasteiger partial charge in [-0.1, -0.05) is 36.4 Å². The Labute approximate surface area is 141 Å². The van der Waals surface area contributed by atoms with Gasteiger partial charge >= 0.3 is 0 Å². The summed E-state index contributed by atoms with van der Waals surface area (Å²) < 4.78 is 0. The van der Waals surface area contributed by atoms with Crippen molar-refractivity contribution < 1.29 is 0 Å². The van der Waals surface area contributed by atoms with Crippen LogP contribution in [0.15, 0.2) is 82.9 Å². The molecule has 0 unspecified atom stereocenters. The molecule has 1 heterocycles. The number of aliphatic imine (C=N–C) groups is 2. The zero-order valence-electron chi connectivity index (χ0n) is 13.7. The van der Waals surface area contributed by atoms with Crippen molar-refractivity contribution in [1.82, 2.24) is 9.97 Å². The number of para-hydroxylation sites is 2. The number of rotatable bonds is 4. The van der Waals surface area contributed by atoms with Gasteiger partial charge in [-0.2, -0.15) is 0 Å². The summed E-state index contributed by atoms with van der Waals surface area (Å²) in [6.45, 7) is 3.86. The topological polar surface area (TPSA) is 50.5 Å². The second-order valence-corrected chi connectivity index (χ2v) is 5.33. The molecule has 2 aromatic carbocycles. The Morgan fingerprint density at radius 2 is 1.25 bits per heavy atom. The SMILES string of the molecule is CC(=Nc1ccccc1)c1ccnc(C(C)=Nc2ccccc2)n1. The third-order valence-corrected chi connectivity index (χ3v) is 3.46. The smallest absolute Gasteiger partial charge is 0.174 e. The molecule has 0 radical (unpaired) electrons. The molecule has 0 saturated carbocycles. The average Bonchev–Trinajstić information content (AvgIpc) is 2.63. The standard InChI is InChI=1S/C20H18N4/c1-15(22-17-9-5-3-6-10-17)19-13-14-21-20(24-19)16(2)23-18-11-7-4-8-12-18/h3-14H,1-2H3. The molecular weight excluding hydrogens is 296 g/mol. The lowest BCUT2D eigenvalue weighted by Crippen LogP contribution is -2.07. The van der Waals surface area contributed by atoms with Crippen molar-refractivity contribution in [2.75, 3.05) is 0 Å². The minimum atomic E-state index is 0.610. The van der Waals surface area contributed by atoms with Crippen molar-refractivity contribution >= 4 is 22.8 Å². The van der Waals surface area contributed by atoms with Crippen LogP contribution in [0.3, 0.4) is 0 Å². The van der Waals surface area contributed by atoms with Gasteiger partial charge in [-0.3, -0.25) is 4.99 Å². The summed E-state index contributed by atoms with van der Waals surface area (Å²) in [6.07, 6.45) is 1.74. The summed E-state index contributed by atoms with van der Waals surface area (Å²) in [6, 6.07) is 21.5. The zero-order chi connectivity index (χ0) is 16.8. The molecule has 3 rings (SSSR count). The van der Waals surface area contributed by atoms with Gasteiger partial charge in [0.05, 0.1) is 28.5 Å². The van der Waals surface area contributed by atoms with Crippen LogP contribution in [0.4, 0.5) is 11.4 Å². The third-order valence-electron chi connectivity index (χ3n) is 3.46. The largest absolute Gasteiger partial charge is 0.252 e. The van der Waals surface area contributed by atoms with E-state index >= 15 is 0 Å². The first-order valence-corrected chi connectivity index (χ1v) is 7.77. The fraction of sp³-hybridized carbons (Fsp3) is 0.100. The lowest BCUT2D eigenvalue weighted by atomic mass is 10.2. The Bertz CT molecular complexity index is 798. The first kappa shape index (κ1) is 15.7. The van der Waals surface area contributed by atoms with Gasteiger partial charge in [-0.15, -0.1) is 0 Å². The molecule has 24 heavy (non-hydrogen) atoms. The first-order valence-electron chi connectivity index (χ1n) is 7.77. The van der Waals surface area contributed by atoms with Crippen LogP contribution >= 0.6 is 0 Å². The van der Waals surface area contributed by atoms with Crippen molar-refractivity contribution in [3.05, 3.63) is 84.4 Å². The van der Waals surface area contributed by atoms with Crippen LogP contribution in [-0.4, -0.2) is 21.4 Å². The van der Waals surface area contributed by atoms with Crippen LogP contribution in [0.2, 0.25) is 0 Å². The number of hydrogen-bond acceptors (Lipinski definition) is 4. The molecule has 0 aliphatic heterocycles. The van der Waals surface area contributed by atoms with Crippen molar-refractivity contribution in [3.8, 4) is 0 Å². The Kier molecular flexibility index (Phi) is 4.87. The van der Waals surface area contributed by atoms with Gasteiger partial charge in [0.1, 0.15) is 0 Å². The maximum absolute atomic E-state index is 4.60. The van der Waals surface area contributed by atoms with E-state index in [1.807, 2.05) is 80.6 Å². The fourth-order valence-corrected chi connectivity index (χ4v) is 2.23. The van der Waals surface area contributed by atoms with Gasteiger partial charge < -0.3 is 0 Å². The lowest BCUT2D eigenvalue weighted by molar-refractivity contribution is 1.11. The molecule has 0 saturated heterocycles. The Morgan fingerprint density at radius 3 is 1.83 bits per heavy atom. The van der Waals surface area contributed by atoms with Crippen LogP contribution in [0.25, 0.3) is 0 Å². The first-order chi connectivity index (χ1) is 11.7. The van der Waals surface area contributed by atoms with E-state index < -0.39 is 0 Å². The highest BCUT2D eigenvalue weighted by Gasteiger charge is 2.06. The lowest BCUT2D eigenvalue weighted by Gasteiger charge is -2.04. The average molecular weight is 314 g/mol. The molecule has 0 spiro atoms. The monoisotopic (exact) mass is 314 g/mol. The summed E-state index contributed by atoms with van der Waals surface area (Å²) in [7, 11) is 0. The van der Waals surface area contributed by atoms with E-state index in [2.05, 4.69) is 20.0 Å².